The van der Waals surface area contributed by atoms with Gasteiger partial charge < -0.3 is 15.0 Å². The molecular weight excluding hydrogens is 292 g/mol. The highest BCUT2D eigenvalue weighted by molar-refractivity contribution is 7.91. The molecule has 1 aliphatic heterocycles. The first-order valence-electron chi connectivity index (χ1n) is 6.86. The zero-order chi connectivity index (χ0) is 15.3. The molecule has 116 valence electrons. The van der Waals surface area contributed by atoms with E-state index in [2.05, 4.69) is 5.32 Å². The molecule has 0 bridgehead atoms. The molecule has 0 saturated carbocycles. The quantitative estimate of drug-likeness (QED) is 0.876. The van der Waals surface area contributed by atoms with Crippen molar-refractivity contribution in [1.82, 2.24) is 10.2 Å². The van der Waals surface area contributed by atoms with Crippen LogP contribution in [0.3, 0.4) is 0 Å². The smallest absolute Gasteiger partial charge is 0.317 e. The lowest BCUT2D eigenvalue weighted by Crippen LogP contribution is -2.44. The van der Waals surface area contributed by atoms with E-state index in [0.717, 1.165) is 5.75 Å². The molecule has 6 nitrogen and oxygen atoms in total. The van der Waals surface area contributed by atoms with Gasteiger partial charge in [0.15, 0.2) is 9.84 Å². The van der Waals surface area contributed by atoms with Gasteiger partial charge in [0, 0.05) is 13.1 Å². The van der Waals surface area contributed by atoms with Crippen LogP contribution >= 0.6 is 0 Å². The van der Waals surface area contributed by atoms with Crippen molar-refractivity contribution in [3.8, 4) is 5.75 Å². The van der Waals surface area contributed by atoms with E-state index < -0.39 is 9.84 Å². The predicted molar refractivity (Wildman–Crippen MR) is 80.2 cm³/mol. The van der Waals surface area contributed by atoms with Crippen molar-refractivity contribution < 1.29 is 17.9 Å². The number of ether oxygens (including phenoxy) is 1. The minimum absolute atomic E-state index is 0.0348. The Kier molecular flexibility index (Phi) is 5.06. The number of amides is 2. The molecule has 2 rings (SSSR count). The predicted octanol–water partition coefficient (Wildman–Crippen LogP) is 0.894. The van der Waals surface area contributed by atoms with Crippen LogP contribution in [0.15, 0.2) is 30.3 Å². The van der Waals surface area contributed by atoms with Crippen molar-refractivity contribution in [2.75, 3.05) is 31.7 Å². The van der Waals surface area contributed by atoms with Crippen molar-refractivity contribution in [1.29, 1.82) is 0 Å². The highest BCUT2D eigenvalue weighted by atomic mass is 32.2. The summed E-state index contributed by atoms with van der Waals surface area (Å²) >= 11 is 0. The fourth-order valence-corrected chi connectivity index (χ4v) is 3.79. The van der Waals surface area contributed by atoms with Crippen molar-refractivity contribution in [2.45, 2.75) is 12.5 Å². The minimum atomic E-state index is -2.98. The van der Waals surface area contributed by atoms with Crippen LogP contribution in [0.2, 0.25) is 0 Å². The first kappa shape index (κ1) is 15.6. The Balaban J connectivity index is 1.70. The number of benzene rings is 1. The number of likely N-dealkylation sites (N-methyl/N-ethyl adjacent to an activating group) is 1. The first-order chi connectivity index (χ1) is 9.96. The Morgan fingerprint density at radius 3 is 2.71 bits per heavy atom. The Labute approximate surface area is 125 Å². The van der Waals surface area contributed by atoms with Crippen LogP contribution in [-0.4, -0.2) is 57.1 Å². The van der Waals surface area contributed by atoms with E-state index in [4.69, 9.17) is 4.74 Å². The number of hydrogen-bond acceptors (Lipinski definition) is 4. The van der Waals surface area contributed by atoms with E-state index in [-0.39, 0.29) is 23.6 Å². The lowest BCUT2D eigenvalue weighted by molar-refractivity contribution is 0.192. The van der Waals surface area contributed by atoms with Crippen molar-refractivity contribution >= 4 is 15.9 Å². The molecule has 7 heteroatoms. The highest BCUT2D eigenvalue weighted by Gasteiger charge is 2.29. The summed E-state index contributed by atoms with van der Waals surface area (Å²) in [5, 5.41) is 2.74. The molecule has 1 atom stereocenters. The molecule has 1 saturated heterocycles. The van der Waals surface area contributed by atoms with Gasteiger partial charge >= 0.3 is 6.03 Å². The summed E-state index contributed by atoms with van der Waals surface area (Å²) in [5.74, 6) is 0.944. The SMILES string of the molecule is CN(CCOc1ccccc1)C(=O)N[C@@H]1CCS(=O)(=O)C1. The monoisotopic (exact) mass is 312 g/mol. The molecule has 1 fully saturated rings. The number of hydrogen-bond donors (Lipinski definition) is 1. The van der Waals surface area contributed by atoms with Crippen LogP contribution in [-0.2, 0) is 9.84 Å². The molecular formula is C14H20N2O4S. The summed E-state index contributed by atoms with van der Waals surface area (Å²) in [7, 11) is -1.32. The summed E-state index contributed by atoms with van der Waals surface area (Å²) in [6.45, 7) is 0.817. The molecule has 0 aliphatic carbocycles. The maximum Gasteiger partial charge on any atom is 0.317 e. The summed E-state index contributed by atoms with van der Waals surface area (Å²) in [5.41, 5.74) is 0. The van der Waals surface area contributed by atoms with Gasteiger partial charge in [-0.25, -0.2) is 13.2 Å². The zero-order valence-electron chi connectivity index (χ0n) is 12.0. The number of rotatable bonds is 5. The van der Waals surface area contributed by atoms with Crippen LogP contribution in [0.25, 0.3) is 0 Å². The van der Waals surface area contributed by atoms with Gasteiger partial charge in [0.2, 0.25) is 0 Å². The first-order valence-corrected chi connectivity index (χ1v) is 8.68. The average molecular weight is 312 g/mol. The molecule has 1 aromatic rings. The number of carbonyl (C=O) groups is 1. The normalized spacial score (nSPS) is 20.0. The van der Waals surface area contributed by atoms with E-state index in [1.807, 2.05) is 30.3 Å². The van der Waals surface area contributed by atoms with Crippen molar-refractivity contribution in [3.63, 3.8) is 0 Å². The molecule has 1 heterocycles. The van der Waals surface area contributed by atoms with E-state index in [0.29, 0.717) is 19.6 Å². The lowest BCUT2D eigenvalue weighted by Gasteiger charge is -2.20. The standard InChI is InChI=1S/C14H20N2O4S/c1-16(8-9-20-13-5-3-2-4-6-13)14(17)15-12-7-10-21(18,19)11-12/h2-6,12H,7-11H2,1H3,(H,15,17)/t12-/m1/s1. The van der Waals surface area contributed by atoms with Crippen LogP contribution in [0.4, 0.5) is 4.79 Å². The fourth-order valence-electron chi connectivity index (χ4n) is 2.11. The largest absolute Gasteiger partial charge is 0.492 e. The van der Waals surface area contributed by atoms with Crippen molar-refractivity contribution in [3.05, 3.63) is 30.3 Å². The number of para-hydroxylation sites is 1. The van der Waals surface area contributed by atoms with E-state index in [9.17, 15) is 13.2 Å². The second-order valence-corrected chi connectivity index (χ2v) is 7.36. The van der Waals surface area contributed by atoms with Crippen molar-refractivity contribution in [2.24, 2.45) is 0 Å². The van der Waals surface area contributed by atoms with Gasteiger partial charge in [-0.2, -0.15) is 0 Å². The molecule has 0 spiro atoms. The van der Waals surface area contributed by atoms with E-state index >= 15 is 0 Å². The lowest BCUT2D eigenvalue weighted by atomic mass is 10.3. The molecule has 2 amide bonds. The Morgan fingerprint density at radius 1 is 1.38 bits per heavy atom. The van der Waals surface area contributed by atoms with Gasteiger partial charge in [-0.15, -0.1) is 0 Å². The third-order valence-electron chi connectivity index (χ3n) is 3.35. The maximum absolute atomic E-state index is 11.9. The van der Waals surface area contributed by atoms with E-state index in [1.54, 1.807) is 7.05 Å². The molecule has 1 N–H and O–H groups in total. The zero-order valence-corrected chi connectivity index (χ0v) is 12.8. The molecule has 1 aliphatic rings. The minimum Gasteiger partial charge on any atom is -0.492 e. The second kappa shape index (κ2) is 6.80. The fraction of sp³-hybridized carbons (Fsp3) is 0.500. The van der Waals surface area contributed by atoms with Gasteiger partial charge in [-0.1, -0.05) is 18.2 Å². The molecule has 0 unspecified atom stereocenters. The Hall–Kier alpha value is -1.76. The summed E-state index contributed by atoms with van der Waals surface area (Å²) < 4.78 is 28.2. The van der Waals surface area contributed by atoms with Crippen LogP contribution in [0, 0.1) is 0 Å². The second-order valence-electron chi connectivity index (χ2n) is 5.13. The van der Waals surface area contributed by atoms with Crippen LogP contribution in [0.5, 0.6) is 5.75 Å². The third kappa shape index (κ3) is 4.93. The third-order valence-corrected chi connectivity index (χ3v) is 5.11. The molecule has 0 radical (unpaired) electrons. The Morgan fingerprint density at radius 2 is 2.10 bits per heavy atom. The van der Waals surface area contributed by atoms with Crippen LogP contribution in [0.1, 0.15) is 6.42 Å². The number of sulfone groups is 1. The van der Waals surface area contributed by atoms with E-state index in [1.165, 1.54) is 4.90 Å². The number of urea groups is 1. The molecule has 21 heavy (non-hydrogen) atoms. The van der Waals surface area contributed by atoms with Gasteiger partial charge in [-0.3, -0.25) is 0 Å². The Bertz CT molecular complexity index is 574. The highest BCUT2D eigenvalue weighted by Crippen LogP contribution is 2.11. The molecule has 1 aromatic carbocycles. The average Bonchev–Trinajstić information content (AvgIpc) is 2.79. The summed E-state index contributed by atoms with van der Waals surface area (Å²) in [6, 6.07) is 8.82. The topological polar surface area (TPSA) is 75.7 Å². The molecule has 0 aromatic heterocycles. The number of carbonyl (C=O) groups excluding carboxylic acids is 1. The number of nitrogens with zero attached hydrogens (tertiary/aromatic N) is 1. The van der Waals surface area contributed by atoms with Gasteiger partial charge in [0.05, 0.1) is 18.1 Å². The van der Waals surface area contributed by atoms with Gasteiger partial charge in [0.25, 0.3) is 0 Å². The maximum atomic E-state index is 11.9. The summed E-state index contributed by atoms with van der Waals surface area (Å²) in [4.78, 5) is 13.4. The van der Waals surface area contributed by atoms with Gasteiger partial charge in [0.1, 0.15) is 12.4 Å². The van der Waals surface area contributed by atoms with Crippen LogP contribution < -0.4 is 10.1 Å². The van der Waals surface area contributed by atoms with Gasteiger partial charge in [-0.05, 0) is 18.6 Å². The summed E-state index contributed by atoms with van der Waals surface area (Å²) in [6.07, 6.45) is 0.489. The number of nitrogens with one attached hydrogen (secondary N) is 1.